The number of hydrogen-bond donors (Lipinski definition) is 1. The third-order valence-corrected chi connectivity index (χ3v) is 6.02. The minimum Gasteiger partial charge on any atom is -0.477 e. The zero-order chi connectivity index (χ0) is 22.0. The number of hydrogen-bond acceptors (Lipinski definition) is 5. The number of nitriles is 1. The van der Waals surface area contributed by atoms with Gasteiger partial charge in [0.1, 0.15) is 11.0 Å². The van der Waals surface area contributed by atoms with Crippen molar-refractivity contribution in [3.8, 4) is 6.07 Å². The fourth-order valence-electron chi connectivity index (χ4n) is 4.32. The Labute approximate surface area is 179 Å². The Morgan fingerprint density at radius 1 is 1.29 bits per heavy atom. The summed E-state index contributed by atoms with van der Waals surface area (Å²) in [7, 11) is 0. The van der Waals surface area contributed by atoms with Crippen molar-refractivity contribution in [1.29, 1.82) is 5.26 Å². The van der Waals surface area contributed by atoms with Crippen molar-refractivity contribution in [2.24, 2.45) is 0 Å². The lowest BCUT2D eigenvalue weighted by molar-refractivity contribution is 0.0694. The van der Waals surface area contributed by atoms with E-state index in [4.69, 9.17) is 0 Å². The Kier molecular flexibility index (Phi) is 5.40. The average Bonchev–Trinajstić information content (AvgIpc) is 2.81. The molecule has 0 spiro atoms. The number of carbonyl (C=O) groups is 1. The van der Waals surface area contributed by atoms with Gasteiger partial charge in [0.2, 0.25) is 0 Å². The maximum absolute atomic E-state index is 12.5. The highest BCUT2D eigenvalue weighted by atomic mass is 16.4. The number of aromatic carboxylic acids is 1. The van der Waals surface area contributed by atoms with Crippen LogP contribution in [0.4, 0.5) is 0 Å². The van der Waals surface area contributed by atoms with E-state index < -0.39 is 16.9 Å². The predicted molar refractivity (Wildman–Crippen MR) is 117 cm³/mol. The van der Waals surface area contributed by atoms with Gasteiger partial charge in [-0.3, -0.25) is 19.1 Å². The van der Waals surface area contributed by atoms with Crippen molar-refractivity contribution in [3.05, 3.63) is 88.1 Å². The van der Waals surface area contributed by atoms with Crippen LogP contribution in [0.25, 0.3) is 11.6 Å². The van der Waals surface area contributed by atoms with Crippen LogP contribution in [0.15, 0.2) is 60.2 Å². The van der Waals surface area contributed by atoms with Crippen LogP contribution in [0.1, 0.15) is 40.0 Å². The molecule has 3 aromatic rings. The van der Waals surface area contributed by atoms with Crippen LogP contribution >= 0.6 is 0 Å². The molecule has 0 atom stereocenters. The number of pyridine rings is 3. The van der Waals surface area contributed by atoms with Crippen molar-refractivity contribution >= 4 is 17.6 Å². The highest BCUT2D eigenvalue weighted by molar-refractivity contribution is 5.88. The molecule has 31 heavy (non-hydrogen) atoms. The number of carboxylic acid groups (broad SMARTS) is 1. The summed E-state index contributed by atoms with van der Waals surface area (Å²) in [4.78, 5) is 30.7. The van der Waals surface area contributed by atoms with E-state index in [1.54, 1.807) is 24.5 Å². The van der Waals surface area contributed by atoms with Gasteiger partial charge in [-0.05, 0) is 48.2 Å². The van der Waals surface area contributed by atoms with Crippen LogP contribution in [0.3, 0.4) is 0 Å². The fraction of sp³-hybridized carbons (Fsp3) is 0.250. The quantitative estimate of drug-likeness (QED) is 0.689. The molecule has 1 saturated heterocycles. The SMILES string of the molecule is C=Cc1cccnc1C1(C#N)CCN(Cc2cc(C(=O)O)c(=O)n3ccccc23)CC1. The largest absolute Gasteiger partial charge is 0.477 e. The summed E-state index contributed by atoms with van der Waals surface area (Å²) >= 11 is 0. The maximum Gasteiger partial charge on any atom is 0.341 e. The molecule has 0 unspecified atom stereocenters. The van der Waals surface area contributed by atoms with Crippen LogP contribution in [0, 0.1) is 11.3 Å². The zero-order valence-corrected chi connectivity index (χ0v) is 17.0. The van der Waals surface area contributed by atoms with Crippen LogP contribution in [-0.2, 0) is 12.0 Å². The standard InChI is InChI=1S/C24H22N4O3/c1-2-17-6-5-10-26-21(17)24(16-25)8-12-27(13-9-24)15-18-14-19(23(30)31)22(29)28-11-4-3-7-20(18)28/h2-7,10-11,14H,1,8-9,12-13,15H2,(H,30,31). The van der Waals surface area contributed by atoms with Gasteiger partial charge in [-0.2, -0.15) is 5.26 Å². The molecule has 1 fully saturated rings. The van der Waals surface area contributed by atoms with Gasteiger partial charge < -0.3 is 5.11 Å². The number of aromatic nitrogens is 2. The van der Waals surface area contributed by atoms with Crippen LogP contribution < -0.4 is 5.56 Å². The summed E-state index contributed by atoms with van der Waals surface area (Å²) < 4.78 is 1.38. The van der Waals surface area contributed by atoms with Gasteiger partial charge in [0, 0.05) is 32.0 Å². The van der Waals surface area contributed by atoms with Gasteiger partial charge >= 0.3 is 5.97 Å². The smallest absolute Gasteiger partial charge is 0.341 e. The average molecular weight is 414 g/mol. The van der Waals surface area contributed by atoms with Gasteiger partial charge in [0.25, 0.3) is 5.56 Å². The van der Waals surface area contributed by atoms with Gasteiger partial charge in [0.05, 0.1) is 17.3 Å². The molecule has 0 bridgehead atoms. The molecule has 0 saturated carbocycles. The predicted octanol–water partition coefficient (Wildman–Crippen LogP) is 3.09. The van der Waals surface area contributed by atoms with Crippen molar-refractivity contribution in [2.45, 2.75) is 24.8 Å². The number of piperidine rings is 1. The Hall–Kier alpha value is -3.76. The monoisotopic (exact) mass is 414 g/mol. The minimum absolute atomic E-state index is 0.244. The van der Waals surface area contributed by atoms with Crippen molar-refractivity contribution < 1.29 is 9.90 Å². The lowest BCUT2D eigenvalue weighted by Crippen LogP contribution is -2.42. The second-order valence-electron chi connectivity index (χ2n) is 7.76. The number of nitrogens with zero attached hydrogens (tertiary/aromatic N) is 4. The summed E-state index contributed by atoms with van der Waals surface area (Å²) in [6, 6.07) is 13.1. The Bertz CT molecular complexity index is 1260. The van der Waals surface area contributed by atoms with E-state index in [2.05, 4.69) is 22.5 Å². The highest BCUT2D eigenvalue weighted by Gasteiger charge is 2.39. The number of fused-ring (bicyclic) bond motifs is 1. The first-order chi connectivity index (χ1) is 15.0. The molecule has 1 N–H and O–H groups in total. The number of likely N-dealkylation sites (tertiary alicyclic amines) is 1. The molecule has 7 heteroatoms. The molecule has 3 aromatic heterocycles. The fourth-order valence-corrected chi connectivity index (χ4v) is 4.32. The lowest BCUT2D eigenvalue weighted by Gasteiger charge is -2.37. The van der Waals surface area contributed by atoms with E-state index in [1.807, 2.05) is 24.3 Å². The molecule has 0 aliphatic carbocycles. The van der Waals surface area contributed by atoms with E-state index in [0.717, 1.165) is 16.8 Å². The Morgan fingerprint density at radius 3 is 2.74 bits per heavy atom. The summed E-state index contributed by atoms with van der Waals surface area (Å²) in [5.74, 6) is -1.24. The molecule has 0 amide bonds. The first kappa shape index (κ1) is 20.5. The Morgan fingerprint density at radius 2 is 2.06 bits per heavy atom. The molecular weight excluding hydrogens is 392 g/mol. The first-order valence-corrected chi connectivity index (χ1v) is 10.1. The summed E-state index contributed by atoms with van der Waals surface area (Å²) in [6.45, 7) is 5.65. The molecule has 156 valence electrons. The van der Waals surface area contributed by atoms with Crippen molar-refractivity contribution in [2.75, 3.05) is 13.1 Å². The van der Waals surface area contributed by atoms with Crippen molar-refractivity contribution in [1.82, 2.24) is 14.3 Å². The second kappa shape index (κ2) is 8.17. The Balaban J connectivity index is 1.62. The highest BCUT2D eigenvalue weighted by Crippen LogP contribution is 2.36. The van der Waals surface area contributed by atoms with Gasteiger partial charge in [-0.1, -0.05) is 24.8 Å². The van der Waals surface area contributed by atoms with Crippen LogP contribution in [-0.4, -0.2) is 38.4 Å². The van der Waals surface area contributed by atoms with Crippen LogP contribution in [0.5, 0.6) is 0 Å². The van der Waals surface area contributed by atoms with E-state index in [0.29, 0.717) is 38.0 Å². The number of rotatable bonds is 5. The van der Waals surface area contributed by atoms with Crippen molar-refractivity contribution in [3.63, 3.8) is 0 Å². The molecule has 7 nitrogen and oxygen atoms in total. The summed E-state index contributed by atoms with van der Waals surface area (Å²) in [5, 5.41) is 19.5. The summed E-state index contributed by atoms with van der Waals surface area (Å²) in [5.41, 5.74) is 1.63. The number of carboxylic acids is 1. The van der Waals surface area contributed by atoms with Gasteiger partial charge in [0.15, 0.2) is 0 Å². The van der Waals surface area contributed by atoms with E-state index >= 15 is 0 Å². The van der Waals surface area contributed by atoms with E-state index in [1.165, 1.54) is 10.5 Å². The molecule has 0 aromatic carbocycles. The molecule has 1 aliphatic heterocycles. The van der Waals surface area contributed by atoms with Crippen LogP contribution in [0.2, 0.25) is 0 Å². The third-order valence-electron chi connectivity index (χ3n) is 6.02. The molecule has 1 aliphatic rings. The molecule has 4 heterocycles. The van der Waals surface area contributed by atoms with E-state index in [9.17, 15) is 20.0 Å². The molecular formula is C24H22N4O3. The second-order valence-corrected chi connectivity index (χ2v) is 7.76. The zero-order valence-electron chi connectivity index (χ0n) is 17.0. The third kappa shape index (κ3) is 3.62. The molecule has 0 radical (unpaired) electrons. The normalized spacial score (nSPS) is 16.0. The first-order valence-electron chi connectivity index (χ1n) is 10.1. The van der Waals surface area contributed by atoms with E-state index in [-0.39, 0.29) is 5.56 Å². The summed E-state index contributed by atoms with van der Waals surface area (Å²) in [6.07, 6.45) is 6.24. The van der Waals surface area contributed by atoms with Gasteiger partial charge in [-0.15, -0.1) is 0 Å². The molecule has 4 rings (SSSR count). The van der Waals surface area contributed by atoms with Gasteiger partial charge in [-0.25, -0.2) is 4.79 Å². The maximum atomic E-state index is 12.5. The minimum atomic E-state index is -1.24. The topological polar surface area (TPSA) is 98.7 Å². The lowest BCUT2D eigenvalue weighted by atomic mass is 9.75.